The van der Waals surface area contributed by atoms with Crippen LogP contribution in [0.25, 0.3) is 11.0 Å². The molecule has 1 aliphatic rings. The average molecular weight is 371 g/mol. The van der Waals surface area contributed by atoms with Crippen LogP contribution in [0.3, 0.4) is 0 Å². The number of benzene rings is 2. The molecule has 7 nitrogen and oxygen atoms in total. The molecule has 3 aromatic rings. The fraction of sp³-hybridized carbons (Fsp3) is 0.222. The predicted octanol–water partition coefficient (Wildman–Crippen LogP) is 1.74. The first-order chi connectivity index (χ1) is 12.5. The van der Waals surface area contributed by atoms with Gasteiger partial charge in [0.05, 0.1) is 22.0 Å². The monoisotopic (exact) mass is 371 g/mol. The molecule has 0 aliphatic carbocycles. The molecule has 0 saturated carbocycles. The molecule has 26 heavy (non-hydrogen) atoms. The van der Waals surface area contributed by atoms with Gasteiger partial charge in [0, 0.05) is 6.54 Å². The quantitative estimate of drug-likeness (QED) is 0.685. The lowest BCUT2D eigenvalue weighted by Gasteiger charge is -2.24. The number of H-pyrrole nitrogens is 2. The summed E-state index contributed by atoms with van der Waals surface area (Å²) in [4.78, 5) is 27.9. The number of sulfonamides is 1. The Bertz CT molecular complexity index is 1180. The van der Waals surface area contributed by atoms with E-state index in [0.717, 1.165) is 18.4 Å². The van der Waals surface area contributed by atoms with Gasteiger partial charge in [-0.15, -0.1) is 0 Å². The van der Waals surface area contributed by atoms with Gasteiger partial charge < -0.3 is 9.97 Å². The maximum atomic E-state index is 13.2. The van der Waals surface area contributed by atoms with Gasteiger partial charge in [0.15, 0.2) is 0 Å². The second kappa shape index (κ2) is 6.22. The van der Waals surface area contributed by atoms with E-state index >= 15 is 0 Å². The molecule has 8 heteroatoms. The number of aromatic nitrogens is 2. The Balaban J connectivity index is 1.78. The van der Waals surface area contributed by atoms with Crippen molar-refractivity contribution in [2.75, 3.05) is 6.54 Å². The van der Waals surface area contributed by atoms with E-state index < -0.39 is 21.1 Å². The average Bonchev–Trinajstić information content (AvgIpc) is 3.14. The number of hydrogen-bond donors (Lipinski definition) is 2. The minimum Gasteiger partial charge on any atom is -0.316 e. The van der Waals surface area contributed by atoms with Crippen LogP contribution in [0, 0.1) is 0 Å². The molecular weight excluding hydrogens is 354 g/mol. The molecule has 0 bridgehead atoms. The highest BCUT2D eigenvalue weighted by Crippen LogP contribution is 2.36. The highest BCUT2D eigenvalue weighted by molar-refractivity contribution is 7.89. The summed E-state index contributed by atoms with van der Waals surface area (Å²) in [6.07, 6.45) is 1.55. The summed E-state index contributed by atoms with van der Waals surface area (Å²) in [7, 11) is -3.73. The lowest BCUT2D eigenvalue weighted by Crippen LogP contribution is -2.31. The van der Waals surface area contributed by atoms with Gasteiger partial charge in [0.25, 0.3) is 0 Å². The number of nitrogens with one attached hydrogen (secondary N) is 2. The summed E-state index contributed by atoms with van der Waals surface area (Å²) in [5.74, 6) is 0. The largest absolute Gasteiger partial charge is 0.316 e. The third-order valence-corrected chi connectivity index (χ3v) is 6.59. The number of fused-ring (bicyclic) bond motifs is 1. The molecule has 0 amide bonds. The summed E-state index contributed by atoms with van der Waals surface area (Å²) in [5.41, 5.74) is 0.0555. The van der Waals surface area contributed by atoms with Crippen molar-refractivity contribution in [2.45, 2.75) is 23.8 Å². The number of aromatic amines is 2. The summed E-state index contributed by atoms with van der Waals surface area (Å²) in [5, 5.41) is 0. The first kappa shape index (κ1) is 16.7. The standard InChI is InChI=1S/C18H17N3O4S/c22-17-18(23)20-15-11-13(8-9-14(15)19-17)26(24,25)21-10-4-7-16(21)12-5-2-1-3-6-12/h1-3,5-6,8-9,11,16H,4,7,10H2,(H,19,22)(H,20,23). The zero-order chi connectivity index (χ0) is 18.3. The van der Waals surface area contributed by atoms with Crippen molar-refractivity contribution in [1.82, 2.24) is 14.3 Å². The maximum Gasteiger partial charge on any atom is 0.314 e. The predicted molar refractivity (Wildman–Crippen MR) is 97.5 cm³/mol. The van der Waals surface area contributed by atoms with Crippen molar-refractivity contribution in [3.63, 3.8) is 0 Å². The van der Waals surface area contributed by atoms with Gasteiger partial charge in [-0.2, -0.15) is 4.31 Å². The van der Waals surface area contributed by atoms with E-state index in [0.29, 0.717) is 12.1 Å². The Morgan fingerprint density at radius 2 is 1.62 bits per heavy atom. The summed E-state index contributed by atoms with van der Waals surface area (Å²) < 4.78 is 27.9. The van der Waals surface area contributed by atoms with E-state index in [4.69, 9.17) is 0 Å². The second-order valence-electron chi connectivity index (χ2n) is 6.30. The van der Waals surface area contributed by atoms with Gasteiger partial charge in [-0.05, 0) is 36.6 Å². The van der Waals surface area contributed by atoms with Crippen molar-refractivity contribution < 1.29 is 8.42 Å². The molecule has 1 saturated heterocycles. The number of hydrogen-bond acceptors (Lipinski definition) is 4. The van der Waals surface area contributed by atoms with Crippen LogP contribution in [0.4, 0.5) is 0 Å². The van der Waals surface area contributed by atoms with Crippen molar-refractivity contribution in [2.24, 2.45) is 0 Å². The molecule has 2 heterocycles. The zero-order valence-corrected chi connectivity index (χ0v) is 14.6. The third-order valence-electron chi connectivity index (χ3n) is 4.69. The van der Waals surface area contributed by atoms with Crippen molar-refractivity contribution in [3.05, 3.63) is 74.8 Å². The Kier molecular flexibility index (Phi) is 4.01. The highest BCUT2D eigenvalue weighted by Gasteiger charge is 2.36. The van der Waals surface area contributed by atoms with E-state index in [1.54, 1.807) is 0 Å². The molecule has 2 N–H and O–H groups in total. The Hall–Kier alpha value is -2.71. The maximum absolute atomic E-state index is 13.2. The molecule has 0 spiro atoms. The van der Waals surface area contributed by atoms with Crippen LogP contribution in [0.5, 0.6) is 0 Å². The van der Waals surface area contributed by atoms with Gasteiger partial charge in [-0.3, -0.25) is 9.59 Å². The van der Waals surface area contributed by atoms with Crippen molar-refractivity contribution in [3.8, 4) is 0 Å². The molecule has 1 atom stereocenters. The van der Waals surface area contributed by atoms with Crippen LogP contribution >= 0.6 is 0 Å². The van der Waals surface area contributed by atoms with E-state index in [-0.39, 0.29) is 16.5 Å². The number of nitrogens with zero attached hydrogens (tertiary/aromatic N) is 1. The molecular formula is C18H17N3O4S. The van der Waals surface area contributed by atoms with Gasteiger partial charge in [-0.25, -0.2) is 8.42 Å². The minimum atomic E-state index is -3.73. The van der Waals surface area contributed by atoms with Gasteiger partial charge in [0.1, 0.15) is 0 Å². The van der Waals surface area contributed by atoms with Crippen LogP contribution < -0.4 is 11.1 Å². The summed E-state index contributed by atoms with van der Waals surface area (Å²) >= 11 is 0. The normalized spacial score (nSPS) is 18.4. The summed E-state index contributed by atoms with van der Waals surface area (Å²) in [6, 6.07) is 13.7. The van der Waals surface area contributed by atoms with E-state index in [2.05, 4.69) is 9.97 Å². The smallest absolute Gasteiger partial charge is 0.314 e. The molecule has 1 unspecified atom stereocenters. The van der Waals surface area contributed by atoms with E-state index in [9.17, 15) is 18.0 Å². The molecule has 1 aromatic heterocycles. The first-order valence-corrected chi connectivity index (χ1v) is 9.74. The molecule has 1 aliphatic heterocycles. The zero-order valence-electron chi connectivity index (χ0n) is 13.8. The fourth-order valence-corrected chi connectivity index (χ4v) is 5.14. The van der Waals surface area contributed by atoms with Crippen molar-refractivity contribution >= 4 is 21.1 Å². The van der Waals surface area contributed by atoms with Crippen LogP contribution in [-0.4, -0.2) is 29.2 Å². The highest BCUT2D eigenvalue weighted by atomic mass is 32.2. The lowest BCUT2D eigenvalue weighted by molar-refractivity contribution is 0.397. The Labute approximate surface area is 149 Å². The lowest BCUT2D eigenvalue weighted by atomic mass is 10.1. The number of rotatable bonds is 3. The van der Waals surface area contributed by atoms with Gasteiger partial charge >= 0.3 is 11.1 Å². The topological polar surface area (TPSA) is 103 Å². The second-order valence-corrected chi connectivity index (χ2v) is 8.19. The SMILES string of the molecule is O=c1[nH]c2ccc(S(=O)(=O)N3CCCC3c3ccccc3)cc2[nH]c1=O. The van der Waals surface area contributed by atoms with E-state index in [1.807, 2.05) is 30.3 Å². The first-order valence-electron chi connectivity index (χ1n) is 8.30. The Morgan fingerprint density at radius 3 is 2.35 bits per heavy atom. The van der Waals surface area contributed by atoms with Crippen molar-refractivity contribution in [1.29, 1.82) is 0 Å². The molecule has 4 rings (SSSR count). The van der Waals surface area contributed by atoms with Gasteiger partial charge in [-0.1, -0.05) is 30.3 Å². The molecule has 1 fully saturated rings. The van der Waals surface area contributed by atoms with Crippen LogP contribution in [0.15, 0.2) is 63.0 Å². The molecule has 134 valence electrons. The fourth-order valence-electron chi connectivity index (χ4n) is 3.43. The van der Waals surface area contributed by atoms with Crippen LogP contribution in [-0.2, 0) is 10.0 Å². The van der Waals surface area contributed by atoms with Crippen LogP contribution in [0.1, 0.15) is 24.4 Å². The van der Waals surface area contributed by atoms with Crippen LogP contribution in [0.2, 0.25) is 0 Å². The van der Waals surface area contributed by atoms with Gasteiger partial charge in [0.2, 0.25) is 10.0 Å². The third kappa shape index (κ3) is 2.77. The van der Waals surface area contributed by atoms with E-state index in [1.165, 1.54) is 22.5 Å². The minimum absolute atomic E-state index is 0.0931. The Morgan fingerprint density at radius 1 is 0.923 bits per heavy atom. The summed E-state index contributed by atoms with van der Waals surface area (Å²) in [6.45, 7) is 0.447. The molecule has 2 aromatic carbocycles. The molecule has 0 radical (unpaired) electrons.